The van der Waals surface area contributed by atoms with Gasteiger partial charge in [-0.15, -0.1) is 10.2 Å². The van der Waals surface area contributed by atoms with E-state index in [2.05, 4.69) is 36.4 Å². The standard InChI is InChI=1S/C26H26BrF3N6O2/c1-25(2,3)38-24(37)36(18-10-11-31-13-18)22(26(28,29)30)16-6-9-21-33-34-23(35(21)14-16)19-8-5-15-4-7-17(27)12-20(15)32-19/h4-9,12,14,18,22,31H,10-11,13H2,1-3H3/t18-,22?/m0/s1. The third kappa shape index (κ3) is 5.32. The molecule has 1 unspecified atom stereocenters. The van der Waals surface area contributed by atoms with Crippen LogP contribution in [0.4, 0.5) is 18.0 Å². The summed E-state index contributed by atoms with van der Waals surface area (Å²) in [6, 6.07) is 9.14. The van der Waals surface area contributed by atoms with Crippen LogP contribution in [0.15, 0.2) is 53.1 Å². The molecule has 1 saturated heterocycles. The minimum absolute atomic E-state index is 0.132. The number of carbonyl (C=O) groups is 1. The number of alkyl halides is 3. The highest BCUT2D eigenvalue weighted by Crippen LogP contribution is 2.41. The number of hydrogen-bond donors (Lipinski definition) is 1. The third-order valence-electron chi connectivity index (χ3n) is 6.24. The van der Waals surface area contributed by atoms with Crippen LogP contribution in [-0.4, -0.2) is 61.5 Å². The summed E-state index contributed by atoms with van der Waals surface area (Å²) in [5, 5.41) is 12.3. The van der Waals surface area contributed by atoms with Gasteiger partial charge < -0.3 is 10.1 Å². The molecule has 12 heteroatoms. The summed E-state index contributed by atoms with van der Waals surface area (Å²) >= 11 is 3.43. The molecule has 1 aromatic carbocycles. The first kappa shape index (κ1) is 26.4. The predicted molar refractivity (Wildman–Crippen MR) is 140 cm³/mol. The maximum atomic E-state index is 14.7. The van der Waals surface area contributed by atoms with Crippen molar-refractivity contribution in [3.05, 3.63) is 58.7 Å². The second-order valence-corrected chi connectivity index (χ2v) is 11.1. The second-order valence-electron chi connectivity index (χ2n) is 10.2. The summed E-state index contributed by atoms with van der Waals surface area (Å²) in [5.41, 5.74) is 0.412. The number of aromatic nitrogens is 4. The van der Waals surface area contributed by atoms with Gasteiger partial charge in [0.25, 0.3) is 0 Å². The van der Waals surface area contributed by atoms with Crippen molar-refractivity contribution in [2.75, 3.05) is 13.1 Å². The lowest BCUT2D eigenvalue weighted by atomic mass is 10.0. The molecule has 1 aliphatic heterocycles. The van der Waals surface area contributed by atoms with E-state index in [9.17, 15) is 18.0 Å². The van der Waals surface area contributed by atoms with Gasteiger partial charge in [0.1, 0.15) is 11.3 Å². The van der Waals surface area contributed by atoms with E-state index in [0.29, 0.717) is 29.8 Å². The molecule has 5 rings (SSSR count). The summed E-state index contributed by atoms with van der Waals surface area (Å²) in [4.78, 5) is 18.7. The van der Waals surface area contributed by atoms with E-state index in [0.717, 1.165) is 14.8 Å². The van der Waals surface area contributed by atoms with Crippen LogP contribution >= 0.6 is 15.9 Å². The smallest absolute Gasteiger partial charge is 0.413 e. The van der Waals surface area contributed by atoms with Gasteiger partial charge in [-0.1, -0.05) is 34.1 Å². The average molecular weight is 591 g/mol. The maximum Gasteiger partial charge on any atom is 0.413 e. The molecule has 1 N–H and O–H groups in total. The number of carbonyl (C=O) groups excluding carboxylic acids is 1. The molecule has 8 nitrogen and oxygen atoms in total. The summed E-state index contributed by atoms with van der Waals surface area (Å²) in [5.74, 6) is 0.288. The number of halogens is 4. The highest BCUT2D eigenvalue weighted by atomic mass is 79.9. The molecular weight excluding hydrogens is 565 g/mol. The van der Waals surface area contributed by atoms with Gasteiger partial charge in [0.15, 0.2) is 17.5 Å². The molecule has 3 aromatic heterocycles. The van der Waals surface area contributed by atoms with Gasteiger partial charge in [-0.3, -0.25) is 9.30 Å². The lowest BCUT2D eigenvalue weighted by Gasteiger charge is -2.38. The number of ether oxygens (including phenoxy) is 1. The van der Waals surface area contributed by atoms with Crippen LogP contribution in [0.1, 0.15) is 38.8 Å². The van der Waals surface area contributed by atoms with Crippen LogP contribution in [0.3, 0.4) is 0 Å². The van der Waals surface area contributed by atoms with Crippen LogP contribution in [0, 0.1) is 0 Å². The Morgan fingerprint density at radius 3 is 2.61 bits per heavy atom. The van der Waals surface area contributed by atoms with Crippen molar-refractivity contribution in [3.63, 3.8) is 0 Å². The molecule has 0 saturated carbocycles. The highest BCUT2D eigenvalue weighted by Gasteiger charge is 2.50. The van der Waals surface area contributed by atoms with Gasteiger partial charge in [0.05, 0.1) is 5.52 Å². The molecule has 38 heavy (non-hydrogen) atoms. The van der Waals surface area contributed by atoms with Crippen LogP contribution in [0.25, 0.3) is 28.1 Å². The van der Waals surface area contributed by atoms with Crippen molar-refractivity contribution < 1.29 is 22.7 Å². The molecule has 2 atom stereocenters. The monoisotopic (exact) mass is 590 g/mol. The summed E-state index contributed by atoms with van der Waals surface area (Å²) in [6.45, 7) is 5.63. The minimum Gasteiger partial charge on any atom is -0.444 e. The number of nitrogens with zero attached hydrogens (tertiary/aromatic N) is 5. The zero-order chi connectivity index (χ0) is 27.2. The van der Waals surface area contributed by atoms with Crippen LogP contribution in [0.2, 0.25) is 0 Å². The van der Waals surface area contributed by atoms with Crippen molar-refractivity contribution in [1.82, 2.24) is 29.8 Å². The first-order valence-corrected chi connectivity index (χ1v) is 12.9. The topological polar surface area (TPSA) is 84.7 Å². The van der Waals surface area contributed by atoms with Crippen LogP contribution in [-0.2, 0) is 4.74 Å². The lowest BCUT2D eigenvalue weighted by molar-refractivity contribution is -0.188. The fourth-order valence-electron chi connectivity index (χ4n) is 4.62. The van der Waals surface area contributed by atoms with E-state index >= 15 is 0 Å². The van der Waals surface area contributed by atoms with Crippen molar-refractivity contribution >= 4 is 38.6 Å². The molecule has 1 amide bonds. The number of fused-ring (bicyclic) bond motifs is 2. The van der Waals surface area contributed by atoms with E-state index in [4.69, 9.17) is 4.74 Å². The summed E-state index contributed by atoms with van der Waals surface area (Å²) < 4.78 is 52.0. The van der Waals surface area contributed by atoms with E-state index in [1.807, 2.05) is 24.3 Å². The first-order valence-electron chi connectivity index (χ1n) is 12.1. The average Bonchev–Trinajstić information content (AvgIpc) is 3.49. The van der Waals surface area contributed by atoms with Gasteiger partial charge in [0, 0.05) is 34.2 Å². The molecule has 0 radical (unpaired) electrons. The first-order chi connectivity index (χ1) is 17.9. The maximum absolute atomic E-state index is 14.7. The summed E-state index contributed by atoms with van der Waals surface area (Å²) in [7, 11) is 0. The Hall–Kier alpha value is -3.25. The molecule has 200 valence electrons. The Kier molecular flexibility index (Phi) is 6.80. The Labute approximate surface area is 225 Å². The molecule has 0 bridgehead atoms. The number of benzene rings is 1. The van der Waals surface area contributed by atoms with E-state index in [1.165, 1.54) is 22.7 Å². The quantitative estimate of drug-likeness (QED) is 0.318. The Balaban J connectivity index is 1.62. The fraction of sp³-hybridized carbons (Fsp3) is 0.385. The van der Waals surface area contributed by atoms with Crippen molar-refractivity contribution in [3.8, 4) is 11.5 Å². The number of rotatable bonds is 4. The normalized spacial score (nSPS) is 17.2. The lowest BCUT2D eigenvalue weighted by Crippen LogP contribution is -2.50. The van der Waals surface area contributed by atoms with Crippen molar-refractivity contribution in [2.45, 2.75) is 51.1 Å². The van der Waals surface area contributed by atoms with Gasteiger partial charge in [-0.2, -0.15) is 13.2 Å². The molecule has 0 aliphatic carbocycles. The minimum atomic E-state index is -4.77. The Morgan fingerprint density at radius 1 is 1.16 bits per heavy atom. The largest absolute Gasteiger partial charge is 0.444 e. The Bertz CT molecular complexity index is 1490. The number of amides is 1. The fourth-order valence-corrected chi connectivity index (χ4v) is 4.97. The zero-order valence-corrected chi connectivity index (χ0v) is 22.5. The zero-order valence-electron chi connectivity index (χ0n) is 21.0. The Morgan fingerprint density at radius 2 is 1.92 bits per heavy atom. The van der Waals surface area contributed by atoms with E-state index < -0.39 is 30.0 Å². The van der Waals surface area contributed by atoms with E-state index in [-0.39, 0.29) is 17.9 Å². The van der Waals surface area contributed by atoms with Crippen molar-refractivity contribution in [1.29, 1.82) is 0 Å². The number of nitrogens with one attached hydrogen (secondary N) is 1. The summed E-state index contributed by atoms with van der Waals surface area (Å²) in [6.07, 6.45) is -4.08. The second kappa shape index (κ2) is 9.81. The van der Waals surface area contributed by atoms with Gasteiger partial charge in [0.2, 0.25) is 0 Å². The predicted octanol–water partition coefficient (Wildman–Crippen LogP) is 5.91. The van der Waals surface area contributed by atoms with E-state index in [1.54, 1.807) is 26.8 Å². The van der Waals surface area contributed by atoms with Gasteiger partial charge in [-0.05, 0) is 58.0 Å². The molecule has 4 aromatic rings. The van der Waals surface area contributed by atoms with Gasteiger partial charge in [-0.25, -0.2) is 9.78 Å². The van der Waals surface area contributed by atoms with Crippen LogP contribution in [0.5, 0.6) is 0 Å². The molecule has 1 aliphatic rings. The highest BCUT2D eigenvalue weighted by molar-refractivity contribution is 9.10. The molecule has 1 fully saturated rings. The van der Waals surface area contributed by atoms with Gasteiger partial charge >= 0.3 is 12.3 Å². The van der Waals surface area contributed by atoms with Crippen molar-refractivity contribution in [2.24, 2.45) is 0 Å². The molecular formula is C26H26BrF3N6O2. The number of hydrogen-bond acceptors (Lipinski definition) is 6. The van der Waals surface area contributed by atoms with Crippen LogP contribution < -0.4 is 5.32 Å². The number of pyridine rings is 2. The molecule has 0 spiro atoms. The third-order valence-corrected chi connectivity index (χ3v) is 6.74. The molecule has 4 heterocycles. The SMILES string of the molecule is CC(C)(C)OC(=O)N(C(c1ccc2nnc(-c3ccc4ccc(Br)cc4n3)n2c1)C(F)(F)F)[C@H]1CCNC1.